The summed E-state index contributed by atoms with van der Waals surface area (Å²) < 4.78 is 27.0. The average Bonchev–Trinajstić information content (AvgIpc) is 2.06. The molecular weight excluding hydrogens is 183 g/mol. The van der Waals surface area contributed by atoms with Crippen molar-refractivity contribution < 1.29 is 12.6 Å². The Morgan fingerprint density at radius 3 is 2.23 bits per heavy atom. The molecule has 13 heavy (non-hydrogen) atoms. The van der Waals surface area contributed by atoms with Crippen LogP contribution in [0.4, 0.5) is 0 Å². The van der Waals surface area contributed by atoms with Crippen LogP contribution in [0.1, 0.15) is 6.92 Å². The van der Waals surface area contributed by atoms with Crippen molar-refractivity contribution >= 4 is 29.0 Å². The van der Waals surface area contributed by atoms with Crippen molar-refractivity contribution in [3.63, 3.8) is 0 Å². The van der Waals surface area contributed by atoms with Crippen LogP contribution in [0.3, 0.4) is 0 Å². The zero-order valence-corrected chi connectivity index (χ0v) is 7.54. The maximum absolute atomic E-state index is 11.2. The molecule has 1 rings (SSSR count). The van der Waals surface area contributed by atoms with Crippen LogP contribution in [-0.4, -0.2) is 33.9 Å². The third-order valence-corrected chi connectivity index (χ3v) is 2.70. The van der Waals surface area contributed by atoms with Gasteiger partial charge in [0, 0.05) is 0 Å². The molecule has 0 spiro atoms. The van der Waals surface area contributed by atoms with Gasteiger partial charge in [0.2, 0.25) is 0 Å². The minimum absolute atomic E-state index is 0. The molecule has 0 saturated carbocycles. The standard InChI is InChI=1S/C8H10O3S.Li.H/c1-2-11-12(9,10)8-6-4-3-5-7-8;;/h3-7H,2H2,1H3;;. The van der Waals surface area contributed by atoms with Gasteiger partial charge in [0.1, 0.15) is 0 Å². The Balaban J connectivity index is 0.00000144. The van der Waals surface area contributed by atoms with Crippen LogP contribution in [0.25, 0.3) is 0 Å². The second-order valence-corrected chi connectivity index (χ2v) is 3.79. The molecule has 3 nitrogen and oxygen atoms in total. The van der Waals surface area contributed by atoms with Crippen LogP contribution in [-0.2, 0) is 14.3 Å². The van der Waals surface area contributed by atoms with Crippen LogP contribution in [0.15, 0.2) is 35.2 Å². The third kappa shape index (κ3) is 3.53. The fraction of sp³-hybridized carbons (Fsp3) is 0.250. The molecule has 1 aromatic carbocycles. The first-order valence-electron chi connectivity index (χ1n) is 3.61. The molecule has 0 heterocycles. The van der Waals surface area contributed by atoms with E-state index < -0.39 is 10.1 Å². The molecule has 0 N–H and O–H groups in total. The molecular formula is C8H11LiO3S. The van der Waals surface area contributed by atoms with Gasteiger partial charge in [-0.15, -0.1) is 0 Å². The zero-order valence-electron chi connectivity index (χ0n) is 6.73. The number of hydrogen-bond acceptors (Lipinski definition) is 3. The predicted molar refractivity (Wildman–Crippen MR) is 52.4 cm³/mol. The molecule has 0 aliphatic heterocycles. The summed E-state index contributed by atoms with van der Waals surface area (Å²) in [5.74, 6) is 0. The Labute approximate surface area is 90.4 Å². The van der Waals surface area contributed by atoms with E-state index in [2.05, 4.69) is 4.18 Å². The topological polar surface area (TPSA) is 43.4 Å². The molecule has 1 aromatic rings. The first kappa shape index (κ1) is 12.7. The van der Waals surface area contributed by atoms with Crippen molar-refractivity contribution in [2.75, 3.05) is 6.61 Å². The molecule has 5 heteroatoms. The summed E-state index contributed by atoms with van der Waals surface area (Å²) in [6.45, 7) is 1.80. The normalized spacial score (nSPS) is 10.5. The van der Waals surface area contributed by atoms with Gasteiger partial charge >= 0.3 is 18.9 Å². The van der Waals surface area contributed by atoms with E-state index >= 15 is 0 Å². The van der Waals surface area contributed by atoms with Gasteiger partial charge in [-0.05, 0) is 19.1 Å². The van der Waals surface area contributed by atoms with Gasteiger partial charge < -0.3 is 0 Å². The van der Waals surface area contributed by atoms with Crippen LogP contribution < -0.4 is 0 Å². The molecule has 0 saturated heterocycles. The van der Waals surface area contributed by atoms with E-state index in [1.807, 2.05) is 0 Å². The molecule has 68 valence electrons. The molecule has 0 bridgehead atoms. The first-order valence-corrected chi connectivity index (χ1v) is 5.02. The van der Waals surface area contributed by atoms with E-state index in [-0.39, 0.29) is 30.4 Å². The molecule has 0 aromatic heterocycles. The Morgan fingerprint density at radius 1 is 1.23 bits per heavy atom. The van der Waals surface area contributed by atoms with Crippen molar-refractivity contribution in [3.05, 3.63) is 30.3 Å². The van der Waals surface area contributed by atoms with Crippen molar-refractivity contribution in [3.8, 4) is 0 Å². The Kier molecular flexibility index (Phi) is 5.34. The third-order valence-electron chi connectivity index (χ3n) is 1.30. The summed E-state index contributed by atoms with van der Waals surface area (Å²) in [4.78, 5) is 0.201. The quantitative estimate of drug-likeness (QED) is 0.527. The van der Waals surface area contributed by atoms with Gasteiger partial charge in [-0.3, -0.25) is 4.18 Å². The molecule has 0 fully saturated rings. The predicted octanol–water partition coefficient (Wildman–Crippen LogP) is 0.763. The Hall–Kier alpha value is -0.273. The van der Waals surface area contributed by atoms with Crippen molar-refractivity contribution in [1.82, 2.24) is 0 Å². The van der Waals surface area contributed by atoms with E-state index in [1.54, 1.807) is 25.1 Å². The number of hydrogen-bond donors (Lipinski definition) is 0. The van der Waals surface area contributed by atoms with Crippen LogP contribution in [0.5, 0.6) is 0 Å². The molecule has 0 aliphatic rings. The fourth-order valence-corrected chi connectivity index (χ4v) is 1.75. The van der Waals surface area contributed by atoms with Gasteiger partial charge in [-0.2, -0.15) is 8.42 Å². The van der Waals surface area contributed by atoms with Gasteiger partial charge in [0.25, 0.3) is 10.1 Å². The molecule has 0 atom stereocenters. The Morgan fingerprint density at radius 2 is 1.77 bits per heavy atom. The summed E-state index contributed by atoms with van der Waals surface area (Å²) >= 11 is 0. The molecule has 0 aliphatic carbocycles. The average molecular weight is 194 g/mol. The van der Waals surface area contributed by atoms with Gasteiger partial charge in [0.15, 0.2) is 0 Å². The van der Waals surface area contributed by atoms with E-state index in [0.29, 0.717) is 0 Å². The van der Waals surface area contributed by atoms with Crippen LogP contribution >= 0.6 is 0 Å². The van der Waals surface area contributed by atoms with E-state index in [1.165, 1.54) is 12.1 Å². The van der Waals surface area contributed by atoms with Crippen LogP contribution in [0, 0.1) is 0 Å². The fourth-order valence-electron chi connectivity index (χ4n) is 0.810. The molecule has 0 unspecified atom stereocenters. The summed E-state index contributed by atoms with van der Waals surface area (Å²) in [5, 5.41) is 0. The summed E-state index contributed by atoms with van der Waals surface area (Å²) in [7, 11) is -3.51. The Bertz CT molecular complexity index is 334. The van der Waals surface area contributed by atoms with Crippen molar-refractivity contribution in [2.45, 2.75) is 11.8 Å². The maximum atomic E-state index is 11.2. The SMILES string of the molecule is CCOS(=O)(=O)c1ccccc1.[LiH]. The minimum atomic E-state index is -3.51. The second kappa shape index (κ2) is 5.46. The van der Waals surface area contributed by atoms with Gasteiger partial charge in [-0.1, -0.05) is 18.2 Å². The summed E-state index contributed by atoms with van der Waals surface area (Å²) in [5.41, 5.74) is 0. The number of benzene rings is 1. The van der Waals surface area contributed by atoms with Crippen molar-refractivity contribution in [2.24, 2.45) is 0 Å². The van der Waals surface area contributed by atoms with E-state index in [4.69, 9.17) is 0 Å². The second-order valence-electron chi connectivity index (χ2n) is 2.17. The van der Waals surface area contributed by atoms with E-state index in [9.17, 15) is 8.42 Å². The van der Waals surface area contributed by atoms with Crippen LogP contribution in [0.2, 0.25) is 0 Å². The summed E-state index contributed by atoms with van der Waals surface area (Å²) in [6, 6.07) is 8.08. The van der Waals surface area contributed by atoms with Gasteiger partial charge in [0.05, 0.1) is 11.5 Å². The number of rotatable bonds is 3. The first-order chi connectivity index (χ1) is 5.67. The molecule has 0 radical (unpaired) electrons. The van der Waals surface area contributed by atoms with E-state index in [0.717, 1.165) is 0 Å². The molecule has 0 amide bonds. The zero-order chi connectivity index (χ0) is 9.03. The van der Waals surface area contributed by atoms with Crippen molar-refractivity contribution in [1.29, 1.82) is 0 Å². The summed E-state index contributed by atoms with van der Waals surface area (Å²) in [6.07, 6.45) is 0. The monoisotopic (exact) mass is 194 g/mol. The van der Waals surface area contributed by atoms with Gasteiger partial charge in [-0.25, -0.2) is 0 Å².